The first-order valence-electron chi connectivity index (χ1n) is 46.8. The predicted octanol–water partition coefficient (Wildman–Crippen LogP) is 28.0. The molecule has 0 aromatic carbocycles. The van der Waals surface area contributed by atoms with Crippen molar-refractivity contribution in [3.05, 3.63) is 24.3 Å². The number of aliphatic hydroxyl groups is 1. The van der Waals surface area contributed by atoms with Gasteiger partial charge in [-0.25, -0.2) is 9.13 Å². The topological polar surface area (TPSA) is 237 Å². The third kappa shape index (κ3) is 81.1. The Morgan fingerprint density at radius 3 is 0.757 bits per heavy atom. The SMILES string of the molecule is CCCCCC/C=C\C=C/CCCCCCCC(=O)O[C@H](COC(=O)CCCCCCCCCCC(C)CC)COP(=O)(O)OC[C@H](O)COP(=O)(O)OC[C@@H](COC(=O)CCCCCCCCCCCCCCCCCCCCC(C)CC)OC(=O)CCCCCCCCCCCCCCCCCCCCC(C)CC. The largest absolute Gasteiger partial charge is 0.472 e. The summed E-state index contributed by atoms with van der Waals surface area (Å²) in [5.41, 5.74) is 0. The van der Waals surface area contributed by atoms with Crippen molar-refractivity contribution in [3.8, 4) is 0 Å². The minimum atomic E-state index is -4.98. The van der Waals surface area contributed by atoms with E-state index in [1.165, 1.54) is 263 Å². The highest BCUT2D eigenvalue weighted by molar-refractivity contribution is 7.47. The van der Waals surface area contributed by atoms with Gasteiger partial charge in [-0.3, -0.25) is 37.3 Å². The van der Waals surface area contributed by atoms with Gasteiger partial charge in [0.2, 0.25) is 0 Å². The molecule has 0 saturated carbocycles. The maximum atomic E-state index is 13.2. The van der Waals surface area contributed by atoms with E-state index >= 15 is 0 Å². The number of esters is 4. The standard InChI is InChI=1S/C92H176O17P2/c1-8-12-13-14-15-16-17-18-27-35-40-45-54-61-68-75-92(97)109-88(80-103-90(95)74-67-60-53-48-47-51-58-65-72-85(7)11-4)82-107-111(100,101)105-78-86(93)77-104-110(98,99)106-81-87(108-91(96)76-69-62-55-46-41-36-31-26-22-20-24-29-33-38-43-50-57-64-71-84(6)10-3)79-102-89(94)73-66-59-52-44-39-34-30-25-21-19-23-28-32-37-42-49-56-63-70-83(5)9-2/h16-18,27,83-88,93H,8-15,19-26,28-82H2,1-7H3,(H,98,99)(H,100,101)/b17-16-,27-18-/t83?,84?,85?,86-,87-,88-/m1/s1. The molecule has 0 fully saturated rings. The van der Waals surface area contributed by atoms with Gasteiger partial charge in [-0.15, -0.1) is 0 Å². The van der Waals surface area contributed by atoms with E-state index < -0.39 is 97.5 Å². The lowest BCUT2D eigenvalue weighted by atomic mass is 9.99. The minimum Gasteiger partial charge on any atom is -0.462 e. The molecule has 0 aliphatic rings. The van der Waals surface area contributed by atoms with Crippen LogP contribution < -0.4 is 0 Å². The number of unbranched alkanes of at least 4 members (excludes halogenated alkanes) is 50. The van der Waals surface area contributed by atoms with Gasteiger partial charge in [0.05, 0.1) is 26.4 Å². The van der Waals surface area contributed by atoms with Crippen LogP contribution >= 0.6 is 15.6 Å². The monoisotopic (exact) mass is 1620 g/mol. The maximum Gasteiger partial charge on any atom is 0.472 e. The van der Waals surface area contributed by atoms with Crippen LogP contribution in [0.4, 0.5) is 0 Å². The highest BCUT2D eigenvalue weighted by Gasteiger charge is 2.31. The van der Waals surface area contributed by atoms with Crippen LogP contribution in [-0.4, -0.2) is 96.7 Å². The molecule has 8 atom stereocenters. The van der Waals surface area contributed by atoms with Crippen LogP contribution in [0.25, 0.3) is 0 Å². The quantitative estimate of drug-likeness (QED) is 0.0169. The lowest BCUT2D eigenvalue weighted by Gasteiger charge is -2.21. The second-order valence-electron chi connectivity index (χ2n) is 33.1. The first-order chi connectivity index (χ1) is 53.8. The molecule has 0 rings (SSSR count). The van der Waals surface area contributed by atoms with Gasteiger partial charge < -0.3 is 33.8 Å². The summed E-state index contributed by atoms with van der Waals surface area (Å²) in [5, 5.41) is 10.7. The van der Waals surface area contributed by atoms with E-state index in [0.717, 1.165) is 120 Å². The number of carbonyl (C=O) groups excluding carboxylic acids is 4. The van der Waals surface area contributed by atoms with Crippen molar-refractivity contribution in [1.29, 1.82) is 0 Å². The summed E-state index contributed by atoms with van der Waals surface area (Å²) in [7, 11) is -9.95. The molecule has 0 heterocycles. The van der Waals surface area contributed by atoms with Crippen LogP contribution in [0.2, 0.25) is 0 Å². The molecule has 111 heavy (non-hydrogen) atoms. The summed E-state index contributed by atoms with van der Waals surface area (Å²) < 4.78 is 69.0. The number of carbonyl (C=O) groups is 4. The first kappa shape index (κ1) is 109. The van der Waals surface area contributed by atoms with Crippen molar-refractivity contribution in [2.24, 2.45) is 17.8 Å². The lowest BCUT2D eigenvalue weighted by molar-refractivity contribution is -0.161. The number of ether oxygens (including phenoxy) is 4. The average Bonchev–Trinajstić information content (AvgIpc) is 0.897. The summed E-state index contributed by atoms with van der Waals surface area (Å²) >= 11 is 0. The van der Waals surface area contributed by atoms with E-state index in [2.05, 4.69) is 72.8 Å². The fourth-order valence-electron chi connectivity index (χ4n) is 13.8. The zero-order valence-corrected chi connectivity index (χ0v) is 74.7. The molecule has 0 bridgehead atoms. The number of rotatable bonds is 88. The van der Waals surface area contributed by atoms with Crippen LogP contribution in [0.3, 0.4) is 0 Å². The molecule has 5 unspecified atom stereocenters. The second-order valence-corrected chi connectivity index (χ2v) is 36.0. The average molecular weight is 1620 g/mol. The van der Waals surface area contributed by atoms with Crippen molar-refractivity contribution in [1.82, 2.24) is 0 Å². The second kappa shape index (κ2) is 81.3. The molecule has 0 aromatic rings. The fraction of sp³-hybridized carbons (Fsp3) is 0.913. The summed E-state index contributed by atoms with van der Waals surface area (Å²) in [6.45, 7) is 12.1. The predicted molar refractivity (Wildman–Crippen MR) is 460 cm³/mol. The number of phosphoric ester groups is 2. The van der Waals surface area contributed by atoms with Crippen molar-refractivity contribution in [2.45, 2.75) is 484 Å². The van der Waals surface area contributed by atoms with Crippen molar-refractivity contribution >= 4 is 39.5 Å². The molecule has 19 heteroatoms. The lowest BCUT2D eigenvalue weighted by Crippen LogP contribution is -2.30. The maximum absolute atomic E-state index is 13.2. The Morgan fingerprint density at radius 1 is 0.288 bits per heavy atom. The third-order valence-electron chi connectivity index (χ3n) is 22.1. The van der Waals surface area contributed by atoms with Crippen molar-refractivity contribution in [2.75, 3.05) is 39.6 Å². The number of hydrogen-bond acceptors (Lipinski definition) is 15. The Bertz CT molecular complexity index is 2230. The van der Waals surface area contributed by atoms with Gasteiger partial charge in [0.15, 0.2) is 12.2 Å². The molecule has 0 amide bonds. The van der Waals surface area contributed by atoms with Gasteiger partial charge in [0.25, 0.3) is 0 Å². The van der Waals surface area contributed by atoms with Gasteiger partial charge in [-0.1, -0.05) is 413 Å². The zero-order chi connectivity index (χ0) is 81.5. The van der Waals surface area contributed by atoms with Crippen LogP contribution in [-0.2, 0) is 65.4 Å². The Kier molecular flexibility index (Phi) is 79.5. The highest BCUT2D eigenvalue weighted by atomic mass is 31.2. The summed E-state index contributed by atoms with van der Waals surface area (Å²) in [4.78, 5) is 73.4. The molecule has 17 nitrogen and oxygen atoms in total. The van der Waals surface area contributed by atoms with Gasteiger partial charge in [-0.2, -0.15) is 0 Å². The number of phosphoric acid groups is 2. The molecular formula is C92H176O17P2. The highest BCUT2D eigenvalue weighted by Crippen LogP contribution is 2.45. The third-order valence-corrected chi connectivity index (χ3v) is 24.0. The van der Waals surface area contributed by atoms with Gasteiger partial charge in [0.1, 0.15) is 19.3 Å². The van der Waals surface area contributed by atoms with Crippen LogP contribution in [0.15, 0.2) is 24.3 Å². The van der Waals surface area contributed by atoms with Crippen LogP contribution in [0.1, 0.15) is 466 Å². The molecular weight excluding hydrogens is 1440 g/mol. The van der Waals surface area contributed by atoms with Crippen LogP contribution in [0.5, 0.6) is 0 Å². The Labute approximate surface area is 682 Å². The number of allylic oxidation sites excluding steroid dienone is 4. The number of hydrogen-bond donors (Lipinski definition) is 3. The number of aliphatic hydroxyl groups excluding tert-OH is 1. The fourth-order valence-corrected chi connectivity index (χ4v) is 15.4. The smallest absolute Gasteiger partial charge is 0.462 e. The molecule has 0 radical (unpaired) electrons. The molecule has 0 aromatic heterocycles. The Hall–Kier alpha value is -2.46. The van der Waals surface area contributed by atoms with Crippen LogP contribution in [0, 0.1) is 17.8 Å². The van der Waals surface area contributed by atoms with Gasteiger partial charge >= 0.3 is 39.5 Å². The molecule has 656 valence electrons. The van der Waals surface area contributed by atoms with E-state index in [1.54, 1.807) is 0 Å². The summed E-state index contributed by atoms with van der Waals surface area (Å²) in [5.74, 6) is 0.388. The van der Waals surface area contributed by atoms with E-state index in [4.69, 9.17) is 37.0 Å². The van der Waals surface area contributed by atoms with Crippen molar-refractivity contribution < 1.29 is 80.2 Å². The Morgan fingerprint density at radius 2 is 0.505 bits per heavy atom. The molecule has 0 saturated heterocycles. The normalized spacial score (nSPS) is 14.6. The Balaban J connectivity index is 5.27. The van der Waals surface area contributed by atoms with Gasteiger partial charge in [-0.05, 0) is 69.1 Å². The van der Waals surface area contributed by atoms with Gasteiger partial charge in [0, 0.05) is 25.7 Å². The van der Waals surface area contributed by atoms with E-state index in [9.17, 15) is 43.2 Å². The minimum absolute atomic E-state index is 0.0848. The first-order valence-corrected chi connectivity index (χ1v) is 49.8. The molecule has 3 N–H and O–H groups in total. The summed E-state index contributed by atoms with van der Waals surface area (Å²) in [6.07, 6.45) is 77.1. The molecule has 0 aliphatic heterocycles. The van der Waals surface area contributed by atoms with E-state index in [1.807, 2.05) is 0 Å². The van der Waals surface area contributed by atoms with Crippen molar-refractivity contribution in [3.63, 3.8) is 0 Å². The van der Waals surface area contributed by atoms with E-state index in [0.29, 0.717) is 25.7 Å². The molecule has 0 spiro atoms. The molecule has 0 aliphatic carbocycles. The summed E-state index contributed by atoms with van der Waals surface area (Å²) in [6, 6.07) is 0. The van der Waals surface area contributed by atoms with E-state index in [-0.39, 0.29) is 25.7 Å². The zero-order valence-electron chi connectivity index (χ0n) is 72.9.